The average Bonchev–Trinajstić information content (AvgIpc) is 2.47. The predicted octanol–water partition coefficient (Wildman–Crippen LogP) is 2.99. The van der Waals surface area contributed by atoms with Gasteiger partial charge in [-0.25, -0.2) is 13.6 Å². The van der Waals surface area contributed by atoms with Crippen molar-refractivity contribution in [1.82, 2.24) is 0 Å². The standard InChI is InChI=1S/C15H21F5O5/c16-14(17,9-15(18,19)20)6-1-7-24-12(22)8-25-13(23)10-2-4-11(21)5-3-10/h10-11,21H,1-9H2. The molecule has 0 bridgehead atoms. The van der Waals surface area contributed by atoms with Gasteiger partial charge in [0.2, 0.25) is 0 Å². The molecular formula is C15H21F5O5. The van der Waals surface area contributed by atoms with Crippen molar-refractivity contribution in [3.05, 3.63) is 0 Å². The Hall–Kier alpha value is -1.45. The first-order valence-corrected chi connectivity index (χ1v) is 7.93. The van der Waals surface area contributed by atoms with E-state index in [4.69, 9.17) is 4.74 Å². The molecule has 25 heavy (non-hydrogen) atoms. The van der Waals surface area contributed by atoms with Crippen LogP contribution in [0.15, 0.2) is 0 Å². The molecule has 5 nitrogen and oxygen atoms in total. The number of rotatable bonds is 8. The van der Waals surface area contributed by atoms with Crippen LogP contribution < -0.4 is 0 Å². The molecule has 0 unspecified atom stereocenters. The van der Waals surface area contributed by atoms with Gasteiger partial charge >= 0.3 is 18.1 Å². The molecule has 1 fully saturated rings. The van der Waals surface area contributed by atoms with E-state index in [-0.39, 0.29) is 0 Å². The lowest BCUT2D eigenvalue weighted by Crippen LogP contribution is -2.28. The molecule has 10 heteroatoms. The second-order valence-electron chi connectivity index (χ2n) is 6.09. The summed E-state index contributed by atoms with van der Waals surface area (Å²) in [6, 6.07) is 0. The molecule has 0 amide bonds. The van der Waals surface area contributed by atoms with Crippen molar-refractivity contribution in [1.29, 1.82) is 0 Å². The Morgan fingerprint density at radius 1 is 1.00 bits per heavy atom. The summed E-state index contributed by atoms with van der Waals surface area (Å²) in [7, 11) is 0. The van der Waals surface area contributed by atoms with E-state index in [9.17, 15) is 36.6 Å². The van der Waals surface area contributed by atoms with Gasteiger partial charge in [0.1, 0.15) is 6.42 Å². The molecule has 0 heterocycles. The summed E-state index contributed by atoms with van der Waals surface area (Å²) in [6.45, 7) is -1.17. The van der Waals surface area contributed by atoms with Crippen LogP contribution in [0.25, 0.3) is 0 Å². The third-order valence-electron chi connectivity index (χ3n) is 3.77. The second-order valence-corrected chi connectivity index (χ2v) is 6.09. The fourth-order valence-electron chi connectivity index (χ4n) is 2.50. The average molecular weight is 376 g/mol. The van der Waals surface area contributed by atoms with Crippen LogP contribution in [-0.4, -0.2) is 48.5 Å². The highest BCUT2D eigenvalue weighted by atomic mass is 19.4. The second kappa shape index (κ2) is 9.30. The molecule has 0 saturated heterocycles. The van der Waals surface area contributed by atoms with Gasteiger partial charge in [-0.15, -0.1) is 0 Å². The summed E-state index contributed by atoms with van der Waals surface area (Å²) in [5.74, 6) is -5.87. The molecule has 1 rings (SSSR count). The summed E-state index contributed by atoms with van der Waals surface area (Å²) >= 11 is 0. The fourth-order valence-corrected chi connectivity index (χ4v) is 2.50. The number of halogens is 5. The van der Waals surface area contributed by atoms with E-state index < -0.39 is 68.5 Å². The van der Waals surface area contributed by atoms with Gasteiger partial charge < -0.3 is 14.6 Å². The summed E-state index contributed by atoms with van der Waals surface area (Å²) < 4.78 is 71.0. The molecule has 0 aromatic rings. The van der Waals surface area contributed by atoms with Crippen LogP contribution in [0.3, 0.4) is 0 Å². The molecule has 0 aromatic heterocycles. The Labute approximate surface area is 141 Å². The first-order chi connectivity index (χ1) is 11.5. The molecule has 0 spiro atoms. The van der Waals surface area contributed by atoms with Crippen molar-refractivity contribution in [3.63, 3.8) is 0 Å². The summed E-state index contributed by atoms with van der Waals surface area (Å²) in [4.78, 5) is 23.0. The lowest BCUT2D eigenvalue weighted by molar-refractivity contribution is -0.190. The Kier molecular flexibility index (Phi) is 8.04. The molecule has 0 aliphatic heterocycles. The molecular weight excluding hydrogens is 355 g/mol. The number of aliphatic hydroxyl groups excluding tert-OH is 1. The molecule has 146 valence electrons. The van der Waals surface area contributed by atoms with Crippen molar-refractivity contribution in [2.45, 2.75) is 63.1 Å². The fraction of sp³-hybridized carbons (Fsp3) is 0.867. The number of carbonyl (C=O) groups is 2. The van der Waals surface area contributed by atoms with Crippen LogP contribution >= 0.6 is 0 Å². The highest BCUT2D eigenvalue weighted by molar-refractivity contribution is 5.77. The van der Waals surface area contributed by atoms with Gasteiger partial charge in [0.05, 0.1) is 18.6 Å². The highest BCUT2D eigenvalue weighted by Gasteiger charge is 2.42. The van der Waals surface area contributed by atoms with E-state index in [1.54, 1.807) is 0 Å². The van der Waals surface area contributed by atoms with Gasteiger partial charge in [0.15, 0.2) is 6.61 Å². The monoisotopic (exact) mass is 376 g/mol. The van der Waals surface area contributed by atoms with E-state index in [2.05, 4.69) is 4.74 Å². The van der Waals surface area contributed by atoms with Gasteiger partial charge in [0, 0.05) is 6.42 Å². The van der Waals surface area contributed by atoms with Crippen LogP contribution in [0.4, 0.5) is 22.0 Å². The lowest BCUT2D eigenvalue weighted by Gasteiger charge is -2.23. The smallest absolute Gasteiger partial charge is 0.394 e. The van der Waals surface area contributed by atoms with Crippen LogP contribution in [0, 0.1) is 5.92 Å². The number of ether oxygens (including phenoxy) is 2. The van der Waals surface area contributed by atoms with E-state index in [1.807, 2.05) is 0 Å². The maximum atomic E-state index is 13.0. The topological polar surface area (TPSA) is 72.8 Å². The molecule has 1 saturated carbocycles. The SMILES string of the molecule is O=C(COC(=O)C1CCC(O)CC1)OCCCC(F)(F)CC(F)(F)F. The quantitative estimate of drug-likeness (QED) is 0.401. The van der Waals surface area contributed by atoms with Crippen LogP contribution in [0.1, 0.15) is 44.9 Å². The van der Waals surface area contributed by atoms with Crippen LogP contribution in [-0.2, 0) is 19.1 Å². The van der Waals surface area contributed by atoms with Gasteiger partial charge in [-0.2, -0.15) is 13.2 Å². The Morgan fingerprint density at radius 3 is 2.16 bits per heavy atom. The zero-order valence-electron chi connectivity index (χ0n) is 13.5. The molecule has 0 aromatic carbocycles. The number of hydrogen-bond acceptors (Lipinski definition) is 5. The molecule has 0 radical (unpaired) electrons. The number of aliphatic hydroxyl groups is 1. The maximum Gasteiger partial charge on any atom is 0.394 e. The Bertz CT molecular complexity index is 444. The van der Waals surface area contributed by atoms with Crippen molar-refractivity contribution in [2.75, 3.05) is 13.2 Å². The zero-order valence-corrected chi connectivity index (χ0v) is 13.5. The van der Waals surface area contributed by atoms with Gasteiger partial charge in [-0.3, -0.25) is 4.79 Å². The van der Waals surface area contributed by atoms with Crippen molar-refractivity contribution < 1.29 is 46.1 Å². The highest BCUT2D eigenvalue weighted by Crippen LogP contribution is 2.34. The van der Waals surface area contributed by atoms with E-state index in [1.165, 1.54) is 0 Å². The van der Waals surface area contributed by atoms with Crippen LogP contribution in [0.5, 0.6) is 0 Å². The lowest BCUT2D eigenvalue weighted by atomic mass is 9.88. The van der Waals surface area contributed by atoms with Crippen molar-refractivity contribution in [3.8, 4) is 0 Å². The van der Waals surface area contributed by atoms with Gasteiger partial charge in [-0.1, -0.05) is 0 Å². The summed E-state index contributed by atoms with van der Waals surface area (Å²) in [6.07, 6.45) is -7.30. The minimum Gasteiger partial charge on any atom is -0.463 e. The zero-order chi connectivity index (χ0) is 19.1. The van der Waals surface area contributed by atoms with Crippen molar-refractivity contribution in [2.24, 2.45) is 5.92 Å². The van der Waals surface area contributed by atoms with E-state index in [0.717, 1.165) is 0 Å². The predicted molar refractivity (Wildman–Crippen MR) is 74.7 cm³/mol. The summed E-state index contributed by atoms with van der Waals surface area (Å²) in [5.41, 5.74) is 0. The Morgan fingerprint density at radius 2 is 1.60 bits per heavy atom. The number of hydrogen-bond donors (Lipinski definition) is 1. The number of carbonyl (C=O) groups excluding carboxylic acids is 2. The van der Waals surface area contributed by atoms with E-state index >= 15 is 0 Å². The van der Waals surface area contributed by atoms with Crippen LogP contribution in [0.2, 0.25) is 0 Å². The largest absolute Gasteiger partial charge is 0.463 e. The summed E-state index contributed by atoms with van der Waals surface area (Å²) in [5, 5.41) is 9.32. The normalized spacial score (nSPS) is 21.7. The van der Waals surface area contributed by atoms with Gasteiger partial charge in [0.25, 0.3) is 5.92 Å². The molecule has 1 aliphatic carbocycles. The molecule has 1 N–H and O–H groups in total. The minimum absolute atomic E-state index is 0.405. The van der Waals surface area contributed by atoms with E-state index in [0.29, 0.717) is 25.7 Å². The Balaban J connectivity index is 2.15. The first-order valence-electron chi connectivity index (χ1n) is 7.93. The number of alkyl halides is 5. The first kappa shape index (κ1) is 21.6. The number of esters is 2. The van der Waals surface area contributed by atoms with Crippen molar-refractivity contribution >= 4 is 11.9 Å². The third-order valence-corrected chi connectivity index (χ3v) is 3.77. The maximum absolute atomic E-state index is 13.0. The molecule has 1 aliphatic rings. The third kappa shape index (κ3) is 9.57. The van der Waals surface area contributed by atoms with Gasteiger partial charge in [-0.05, 0) is 32.1 Å². The molecule has 0 atom stereocenters. The minimum atomic E-state index is -4.97.